The molecule has 14 heavy (non-hydrogen) atoms. The molecular weight excluding hydrogens is 173 g/mol. The minimum atomic E-state index is -0.00264. The first-order valence-electron chi connectivity index (χ1n) is 4.85. The number of hydrogen-bond acceptors (Lipinski definition) is 1. The van der Waals surface area contributed by atoms with Gasteiger partial charge in [-0.25, -0.2) is 0 Å². The van der Waals surface area contributed by atoms with E-state index < -0.39 is 0 Å². The van der Waals surface area contributed by atoms with Crippen molar-refractivity contribution in [1.29, 1.82) is 0 Å². The van der Waals surface area contributed by atoms with Crippen molar-refractivity contribution in [2.75, 3.05) is 11.4 Å². The molecule has 0 fully saturated rings. The van der Waals surface area contributed by atoms with Gasteiger partial charge in [0, 0.05) is 12.2 Å². The SMILES string of the molecule is C=C[11C](=O)N1CCCc2ccccc21. The second kappa shape index (κ2) is 3.66. The maximum atomic E-state index is 11.5. The maximum Gasteiger partial charge on any atom is 0.250 e. The van der Waals surface area contributed by atoms with Crippen LogP contribution < -0.4 is 4.90 Å². The molecule has 0 atom stereocenters. The van der Waals surface area contributed by atoms with Gasteiger partial charge >= 0.3 is 0 Å². The molecule has 1 aromatic rings. The van der Waals surface area contributed by atoms with Crippen LogP contribution in [-0.2, 0) is 11.2 Å². The third kappa shape index (κ3) is 1.43. The molecule has 72 valence electrons. The molecule has 1 aliphatic rings. The summed E-state index contributed by atoms with van der Waals surface area (Å²) in [5, 5.41) is 0. The van der Waals surface area contributed by atoms with Gasteiger partial charge in [0.1, 0.15) is 0 Å². The number of carbonyl (C=O) groups is 1. The molecule has 1 aliphatic heterocycles. The second-order valence-corrected chi connectivity index (χ2v) is 3.43. The summed E-state index contributed by atoms with van der Waals surface area (Å²) in [4.78, 5) is 13.3. The summed E-state index contributed by atoms with van der Waals surface area (Å²) in [6.07, 6.45) is 3.48. The van der Waals surface area contributed by atoms with E-state index in [1.807, 2.05) is 18.2 Å². The van der Waals surface area contributed by atoms with Crippen LogP contribution in [0.5, 0.6) is 0 Å². The number of carbonyl (C=O) groups excluding carboxylic acids is 1. The van der Waals surface area contributed by atoms with Crippen molar-refractivity contribution in [3.63, 3.8) is 0 Å². The molecule has 0 N–H and O–H groups in total. The number of aryl methyl sites for hydroxylation is 1. The average Bonchev–Trinajstić information content (AvgIpc) is 2.27. The number of amides is 1. The second-order valence-electron chi connectivity index (χ2n) is 3.43. The van der Waals surface area contributed by atoms with E-state index in [1.165, 1.54) is 11.6 Å². The van der Waals surface area contributed by atoms with Gasteiger partial charge in [0.2, 0.25) is 5.91 Å². The van der Waals surface area contributed by atoms with Crippen molar-refractivity contribution < 1.29 is 4.79 Å². The molecule has 2 heteroatoms. The summed E-state index contributed by atoms with van der Waals surface area (Å²) in [5.74, 6) is -0.00264. The molecular formula is C12H13NO. The summed E-state index contributed by atoms with van der Waals surface area (Å²) >= 11 is 0. The van der Waals surface area contributed by atoms with Crippen LogP contribution in [0.1, 0.15) is 12.0 Å². The molecule has 1 amide bonds. The maximum absolute atomic E-state index is 11.5. The lowest BCUT2D eigenvalue weighted by Crippen LogP contribution is -2.33. The minimum absolute atomic E-state index is 0.00264. The van der Waals surface area contributed by atoms with E-state index in [9.17, 15) is 4.79 Å². The number of fused-ring (bicyclic) bond motifs is 1. The van der Waals surface area contributed by atoms with E-state index in [0.29, 0.717) is 0 Å². The Kier molecular flexibility index (Phi) is 2.35. The first-order chi connectivity index (χ1) is 6.83. The van der Waals surface area contributed by atoms with Gasteiger partial charge < -0.3 is 4.90 Å². The highest BCUT2D eigenvalue weighted by atomic mass is 16.1. The molecule has 1 aromatic carbocycles. The molecule has 2 rings (SSSR count). The smallest absolute Gasteiger partial charge is 0.250 e. The van der Waals surface area contributed by atoms with Crippen LogP contribution in [0.3, 0.4) is 0 Å². The van der Waals surface area contributed by atoms with Gasteiger partial charge in [-0.05, 0) is 30.5 Å². The molecule has 0 aliphatic carbocycles. The largest absolute Gasteiger partial charge is 0.309 e. The fourth-order valence-corrected chi connectivity index (χ4v) is 1.87. The monoisotopic (exact) mass is 186 g/mol. The molecule has 0 saturated carbocycles. The van der Waals surface area contributed by atoms with E-state index in [2.05, 4.69) is 12.6 Å². The zero-order valence-corrected chi connectivity index (χ0v) is 8.07. The first kappa shape index (κ1) is 9.00. The molecule has 1 heterocycles. The van der Waals surface area contributed by atoms with Crippen molar-refractivity contribution in [3.05, 3.63) is 42.5 Å². The van der Waals surface area contributed by atoms with Crippen LogP contribution in [0.25, 0.3) is 0 Å². The summed E-state index contributed by atoms with van der Waals surface area (Å²) in [7, 11) is 0. The van der Waals surface area contributed by atoms with Crippen molar-refractivity contribution in [3.8, 4) is 0 Å². The zero-order valence-electron chi connectivity index (χ0n) is 8.07. The standard InChI is InChI=1S/C12H13NO/c1-2-12(14)13-9-5-7-10-6-3-4-8-11(10)13/h2-4,6,8H,1,5,7,9H2/i12-1. The van der Waals surface area contributed by atoms with Crippen LogP contribution in [0.4, 0.5) is 5.69 Å². The van der Waals surface area contributed by atoms with E-state index in [-0.39, 0.29) is 5.91 Å². The highest BCUT2D eigenvalue weighted by molar-refractivity contribution is 6.01. The van der Waals surface area contributed by atoms with E-state index >= 15 is 0 Å². The Labute approximate surface area is 83.8 Å². The Morgan fingerprint density at radius 1 is 1.43 bits per heavy atom. The van der Waals surface area contributed by atoms with Crippen molar-refractivity contribution in [2.45, 2.75) is 12.8 Å². The summed E-state index contributed by atoms with van der Waals surface area (Å²) in [6, 6.07) is 8.06. The van der Waals surface area contributed by atoms with Gasteiger partial charge in [-0.15, -0.1) is 0 Å². The number of hydrogen-bond donors (Lipinski definition) is 0. The average molecular weight is 186 g/mol. The number of rotatable bonds is 1. The van der Waals surface area contributed by atoms with Crippen LogP contribution in [0.15, 0.2) is 36.9 Å². The van der Waals surface area contributed by atoms with E-state index in [1.54, 1.807) is 4.90 Å². The summed E-state index contributed by atoms with van der Waals surface area (Å²) in [5.41, 5.74) is 2.30. The highest BCUT2D eigenvalue weighted by Gasteiger charge is 2.19. The van der Waals surface area contributed by atoms with E-state index in [0.717, 1.165) is 25.1 Å². The van der Waals surface area contributed by atoms with E-state index in [4.69, 9.17) is 0 Å². The van der Waals surface area contributed by atoms with Gasteiger partial charge in [-0.2, -0.15) is 0 Å². The van der Waals surface area contributed by atoms with Crippen LogP contribution in [0, 0.1) is 0 Å². The fraction of sp³-hybridized carbons (Fsp3) is 0.250. The predicted octanol–water partition coefficient (Wildman–Crippen LogP) is 2.15. The predicted molar refractivity (Wildman–Crippen MR) is 57.3 cm³/mol. The highest BCUT2D eigenvalue weighted by Crippen LogP contribution is 2.26. The van der Waals surface area contributed by atoms with Crippen molar-refractivity contribution >= 4 is 11.6 Å². The normalized spacial score (nSPS) is 14.7. The van der Waals surface area contributed by atoms with Crippen LogP contribution in [0.2, 0.25) is 0 Å². The number of para-hydroxylation sites is 1. The summed E-state index contributed by atoms with van der Waals surface area (Å²) < 4.78 is 0. The quantitative estimate of drug-likeness (QED) is 0.615. The number of anilines is 1. The lowest BCUT2D eigenvalue weighted by molar-refractivity contribution is -0.114. The molecule has 0 aromatic heterocycles. The Bertz CT molecular complexity index is 370. The topological polar surface area (TPSA) is 20.3 Å². The Morgan fingerprint density at radius 2 is 2.21 bits per heavy atom. The first-order valence-corrected chi connectivity index (χ1v) is 4.85. The van der Waals surface area contributed by atoms with Gasteiger partial charge in [0.15, 0.2) is 0 Å². The molecule has 2 nitrogen and oxygen atoms in total. The number of nitrogens with zero attached hydrogens (tertiary/aromatic N) is 1. The molecule has 0 spiro atoms. The lowest BCUT2D eigenvalue weighted by atomic mass is 9.91. The van der Waals surface area contributed by atoms with Crippen molar-refractivity contribution in [2.24, 2.45) is 0 Å². The third-order valence-electron chi connectivity index (χ3n) is 2.55. The Hall–Kier alpha value is -1.57. The Morgan fingerprint density at radius 3 is 3.00 bits per heavy atom. The Balaban J connectivity index is 2.40. The minimum Gasteiger partial charge on any atom is -0.309 e. The molecule has 0 unspecified atom stereocenters. The zero-order chi connectivity index (χ0) is 9.97. The summed E-state index contributed by atoms with van der Waals surface area (Å²) in [6.45, 7) is 4.32. The van der Waals surface area contributed by atoms with Gasteiger partial charge in [-0.1, -0.05) is 24.8 Å². The lowest BCUT2D eigenvalue weighted by Gasteiger charge is -2.28. The number of benzene rings is 1. The van der Waals surface area contributed by atoms with Crippen LogP contribution >= 0.6 is 0 Å². The molecule has 0 saturated heterocycles. The fourth-order valence-electron chi connectivity index (χ4n) is 1.87. The van der Waals surface area contributed by atoms with Gasteiger partial charge in [0.05, 0.1) is 0 Å². The van der Waals surface area contributed by atoms with Gasteiger partial charge in [0.25, 0.3) is 0 Å². The molecule has 0 bridgehead atoms. The van der Waals surface area contributed by atoms with Gasteiger partial charge in [-0.3, -0.25) is 4.79 Å². The molecule has 0 radical (unpaired) electrons. The third-order valence-corrected chi connectivity index (χ3v) is 2.55. The van der Waals surface area contributed by atoms with Crippen molar-refractivity contribution in [1.82, 2.24) is 0 Å². The van der Waals surface area contributed by atoms with Crippen LogP contribution in [-0.4, -0.2) is 12.5 Å².